The van der Waals surface area contributed by atoms with Gasteiger partial charge in [0.2, 0.25) is 0 Å². The van der Waals surface area contributed by atoms with Crippen LogP contribution in [-0.2, 0) is 0 Å². The molecule has 0 saturated heterocycles. The van der Waals surface area contributed by atoms with E-state index in [0.717, 1.165) is 5.92 Å². The Balaban J connectivity index is 2.64. The maximum Gasteiger partial charge on any atom is -0.0297 e. The summed E-state index contributed by atoms with van der Waals surface area (Å²) in [4.78, 5) is 0. The third-order valence-corrected chi connectivity index (χ3v) is 3.54. The summed E-state index contributed by atoms with van der Waals surface area (Å²) < 4.78 is 0. The Kier molecular flexibility index (Phi) is 2.75. The van der Waals surface area contributed by atoms with Gasteiger partial charge in [0.15, 0.2) is 0 Å². The summed E-state index contributed by atoms with van der Waals surface area (Å²) in [5.41, 5.74) is 0.601. The molecule has 2 atom stereocenters. The Morgan fingerprint density at radius 1 is 1.45 bits per heavy atom. The molecule has 0 spiro atoms. The van der Waals surface area contributed by atoms with Crippen LogP contribution in [-0.4, -0.2) is 0 Å². The SMILES string of the molecule is CCC1(C)CCC=CCC1C. The van der Waals surface area contributed by atoms with Crippen LogP contribution in [0.1, 0.15) is 46.5 Å². The molecule has 0 N–H and O–H groups in total. The molecular weight excluding hydrogens is 132 g/mol. The van der Waals surface area contributed by atoms with Crippen LogP contribution in [0.3, 0.4) is 0 Å². The minimum absolute atomic E-state index is 0.601. The van der Waals surface area contributed by atoms with Gasteiger partial charge in [-0.25, -0.2) is 0 Å². The fourth-order valence-corrected chi connectivity index (χ4v) is 1.89. The first-order valence-corrected chi connectivity index (χ1v) is 4.84. The fourth-order valence-electron chi connectivity index (χ4n) is 1.89. The van der Waals surface area contributed by atoms with E-state index in [2.05, 4.69) is 32.9 Å². The third kappa shape index (κ3) is 1.85. The molecule has 0 heterocycles. The van der Waals surface area contributed by atoms with Crippen LogP contribution in [0.4, 0.5) is 0 Å². The van der Waals surface area contributed by atoms with Crippen molar-refractivity contribution in [1.29, 1.82) is 0 Å². The molecule has 0 aromatic rings. The Morgan fingerprint density at radius 2 is 2.18 bits per heavy atom. The van der Waals surface area contributed by atoms with Crippen molar-refractivity contribution in [3.05, 3.63) is 12.2 Å². The predicted molar refractivity (Wildman–Crippen MR) is 50.6 cm³/mol. The first kappa shape index (κ1) is 8.83. The minimum atomic E-state index is 0.601. The zero-order valence-corrected chi connectivity index (χ0v) is 8.06. The lowest BCUT2D eigenvalue weighted by molar-refractivity contribution is 0.183. The van der Waals surface area contributed by atoms with Gasteiger partial charge in [0.05, 0.1) is 0 Å². The van der Waals surface area contributed by atoms with Gasteiger partial charge in [0.25, 0.3) is 0 Å². The van der Waals surface area contributed by atoms with E-state index >= 15 is 0 Å². The average Bonchev–Trinajstić information content (AvgIpc) is 2.16. The van der Waals surface area contributed by atoms with Crippen molar-refractivity contribution in [3.8, 4) is 0 Å². The second-order valence-corrected chi connectivity index (χ2v) is 4.15. The van der Waals surface area contributed by atoms with Crippen molar-refractivity contribution >= 4 is 0 Å². The van der Waals surface area contributed by atoms with Crippen LogP contribution in [0.2, 0.25) is 0 Å². The van der Waals surface area contributed by atoms with Crippen LogP contribution >= 0.6 is 0 Å². The van der Waals surface area contributed by atoms with E-state index in [1.54, 1.807) is 0 Å². The first-order chi connectivity index (χ1) is 5.19. The van der Waals surface area contributed by atoms with E-state index in [1.165, 1.54) is 25.7 Å². The molecule has 1 aliphatic rings. The van der Waals surface area contributed by atoms with Gasteiger partial charge >= 0.3 is 0 Å². The summed E-state index contributed by atoms with van der Waals surface area (Å²) in [6.45, 7) is 7.14. The largest absolute Gasteiger partial charge is 0.0885 e. The maximum absolute atomic E-state index is 2.44. The molecule has 0 aromatic heterocycles. The molecule has 0 fully saturated rings. The zero-order chi connectivity index (χ0) is 8.32. The van der Waals surface area contributed by atoms with E-state index in [4.69, 9.17) is 0 Å². The van der Waals surface area contributed by atoms with E-state index in [0.29, 0.717) is 5.41 Å². The molecule has 0 radical (unpaired) electrons. The lowest BCUT2D eigenvalue weighted by atomic mass is 9.72. The molecule has 0 saturated carbocycles. The molecule has 0 nitrogen and oxygen atoms in total. The number of allylic oxidation sites excluding steroid dienone is 2. The lowest BCUT2D eigenvalue weighted by Gasteiger charge is -2.33. The third-order valence-electron chi connectivity index (χ3n) is 3.54. The second-order valence-electron chi connectivity index (χ2n) is 4.15. The molecule has 11 heavy (non-hydrogen) atoms. The van der Waals surface area contributed by atoms with E-state index in [9.17, 15) is 0 Å². The van der Waals surface area contributed by atoms with Crippen LogP contribution in [0.5, 0.6) is 0 Å². The molecule has 64 valence electrons. The van der Waals surface area contributed by atoms with Crippen molar-refractivity contribution in [3.63, 3.8) is 0 Å². The monoisotopic (exact) mass is 152 g/mol. The van der Waals surface area contributed by atoms with Crippen molar-refractivity contribution in [2.45, 2.75) is 46.5 Å². The Bertz CT molecular complexity index is 146. The standard InChI is InChI=1S/C11H20/c1-4-11(3)9-7-5-6-8-10(11)2/h5-6,10H,4,7-9H2,1-3H3. The summed E-state index contributed by atoms with van der Waals surface area (Å²) >= 11 is 0. The molecular formula is C11H20. The highest BCUT2D eigenvalue weighted by Gasteiger charge is 2.28. The highest BCUT2D eigenvalue weighted by atomic mass is 14.3. The van der Waals surface area contributed by atoms with Crippen molar-refractivity contribution in [1.82, 2.24) is 0 Å². The molecule has 1 aliphatic carbocycles. The topological polar surface area (TPSA) is 0 Å². The summed E-state index contributed by atoms with van der Waals surface area (Å²) in [7, 11) is 0. The van der Waals surface area contributed by atoms with Gasteiger partial charge in [-0.2, -0.15) is 0 Å². The normalized spacial score (nSPS) is 38.6. The molecule has 0 aliphatic heterocycles. The van der Waals surface area contributed by atoms with Crippen LogP contribution in [0.15, 0.2) is 12.2 Å². The molecule has 1 rings (SSSR count). The molecule has 0 aromatic carbocycles. The lowest BCUT2D eigenvalue weighted by Crippen LogP contribution is -2.23. The fraction of sp³-hybridized carbons (Fsp3) is 0.818. The Labute approximate surface area is 70.7 Å². The molecule has 2 unspecified atom stereocenters. The van der Waals surface area contributed by atoms with E-state index in [-0.39, 0.29) is 0 Å². The number of rotatable bonds is 1. The molecule has 0 heteroatoms. The first-order valence-electron chi connectivity index (χ1n) is 4.84. The van der Waals surface area contributed by atoms with Crippen molar-refractivity contribution < 1.29 is 0 Å². The maximum atomic E-state index is 2.44. The van der Waals surface area contributed by atoms with Gasteiger partial charge in [0, 0.05) is 0 Å². The highest BCUT2D eigenvalue weighted by molar-refractivity contribution is 4.94. The highest BCUT2D eigenvalue weighted by Crippen LogP contribution is 2.39. The predicted octanol–water partition coefficient (Wildman–Crippen LogP) is 3.78. The Hall–Kier alpha value is -0.260. The van der Waals surface area contributed by atoms with Crippen LogP contribution in [0, 0.1) is 11.3 Å². The average molecular weight is 152 g/mol. The zero-order valence-electron chi connectivity index (χ0n) is 8.06. The summed E-state index contributed by atoms with van der Waals surface area (Å²) in [6, 6.07) is 0. The number of hydrogen-bond donors (Lipinski definition) is 0. The number of hydrogen-bond acceptors (Lipinski definition) is 0. The van der Waals surface area contributed by atoms with Crippen LogP contribution in [0.25, 0.3) is 0 Å². The van der Waals surface area contributed by atoms with Crippen molar-refractivity contribution in [2.24, 2.45) is 11.3 Å². The van der Waals surface area contributed by atoms with Gasteiger partial charge in [-0.1, -0.05) is 39.3 Å². The smallest absolute Gasteiger partial charge is 0.0297 e. The second kappa shape index (κ2) is 3.42. The van der Waals surface area contributed by atoms with E-state index < -0.39 is 0 Å². The quantitative estimate of drug-likeness (QED) is 0.502. The van der Waals surface area contributed by atoms with Gasteiger partial charge in [-0.3, -0.25) is 0 Å². The van der Waals surface area contributed by atoms with Gasteiger partial charge in [0.1, 0.15) is 0 Å². The minimum Gasteiger partial charge on any atom is -0.0885 e. The van der Waals surface area contributed by atoms with Gasteiger partial charge in [-0.15, -0.1) is 0 Å². The molecule has 0 amide bonds. The van der Waals surface area contributed by atoms with Crippen molar-refractivity contribution in [2.75, 3.05) is 0 Å². The van der Waals surface area contributed by atoms with Gasteiger partial charge < -0.3 is 0 Å². The summed E-state index contributed by atoms with van der Waals surface area (Å²) in [5, 5.41) is 0. The summed E-state index contributed by atoms with van der Waals surface area (Å²) in [5.74, 6) is 0.867. The van der Waals surface area contributed by atoms with Gasteiger partial charge in [-0.05, 0) is 30.6 Å². The summed E-state index contributed by atoms with van der Waals surface area (Å²) in [6.07, 6.45) is 9.97. The molecule has 0 bridgehead atoms. The van der Waals surface area contributed by atoms with Crippen LogP contribution < -0.4 is 0 Å². The van der Waals surface area contributed by atoms with E-state index in [1.807, 2.05) is 0 Å². The Morgan fingerprint density at radius 3 is 2.82 bits per heavy atom.